The van der Waals surface area contributed by atoms with E-state index in [-0.39, 0.29) is 11.9 Å². The van der Waals surface area contributed by atoms with Gasteiger partial charge in [-0.05, 0) is 13.0 Å². The molecule has 0 radical (unpaired) electrons. The number of hydrogen-bond donors (Lipinski definition) is 0. The first kappa shape index (κ1) is 15.5. The SMILES string of the molecule is C/C(Cl)=C/CN1C(=[N+](C)C)N=C2C1C(=O)N(C)C(=O)N2C. The maximum absolute atomic E-state index is 12.5. The lowest BCUT2D eigenvalue weighted by Crippen LogP contribution is -2.62. The van der Waals surface area contributed by atoms with Crippen LogP contribution in [0.4, 0.5) is 4.79 Å². The topological polar surface area (TPSA) is 59.2 Å². The monoisotopic (exact) mass is 312 g/mol. The molecule has 0 saturated carbocycles. The van der Waals surface area contributed by atoms with Crippen LogP contribution < -0.4 is 0 Å². The maximum atomic E-state index is 12.5. The molecule has 8 heteroatoms. The number of nitrogens with zero attached hydrogens (tertiary/aromatic N) is 5. The van der Waals surface area contributed by atoms with Crippen LogP contribution in [-0.4, -0.2) is 83.8 Å². The number of aliphatic imine (C=N–C) groups is 1. The fourth-order valence-electron chi connectivity index (χ4n) is 2.35. The summed E-state index contributed by atoms with van der Waals surface area (Å²) >= 11 is 5.89. The number of guanidine groups is 1. The molecule has 0 aromatic heterocycles. The molecular weight excluding hydrogens is 294 g/mol. The van der Waals surface area contributed by atoms with Crippen molar-refractivity contribution in [2.45, 2.75) is 13.0 Å². The number of urea groups is 1. The van der Waals surface area contributed by atoms with Crippen LogP contribution in [0.1, 0.15) is 6.92 Å². The van der Waals surface area contributed by atoms with Gasteiger partial charge in [-0.2, -0.15) is 0 Å². The minimum absolute atomic E-state index is 0.283. The molecule has 0 N–H and O–H groups in total. The van der Waals surface area contributed by atoms with Crippen LogP contribution >= 0.6 is 11.6 Å². The minimum Gasteiger partial charge on any atom is -0.270 e. The van der Waals surface area contributed by atoms with Gasteiger partial charge in [-0.3, -0.25) is 19.2 Å². The third kappa shape index (κ3) is 2.53. The first-order chi connectivity index (χ1) is 9.75. The standard InChI is InChI=1S/C13H19ClN5O2/c1-8(14)6-7-19-9-10(15-12(19)16(2)3)17(4)13(21)18(5)11(9)20/h6,9H,7H2,1-5H3/q+1/b8-6-. The highest BCUT2D eigenvalue weighted by Gasteiger charge is 2.54. The van der Waals surface area contributed by atoms with Crippen LogP contribution in [0.25, 0.3) is 0 Å². The molecule has 0 aliphatic carbocycles. The molecule has 114 valence electrons. The second-order valence-corrected chi connectivity index (χ2v) is 5.85. The Bertz CT molecular complexity index is 587. The Morgan fingerprint density at radius 3 is 2.48 bits per heavy atom. The Kier molecular flexibility index (Phi) is 4.04. The van der Waals surface area contributed by atoms with E-state index in [1.165, 1.54) is 11.9 Å². The lowest BCUT2D eigenvalue weighted by Gasteiger charge is -2.32. The van der Waals surface area contributed by atoms with E-state index in [9.17, 15) is 9.59 Å². The molecule has 2 aliphatic heterocycles. The number of amidine groups is 1. The van der Waals surface area contributed by atoms with Gasteiger partial charge in [0, 0.05) is 19.1 Å². The summed E-state index contributed by atoms with van der Waals surface area (Å²) in [6.45, 7) is 2.22. The van der Waals surface area contributed by atoms with E-state index in [1.807, 2.05) is 29.6 Å². The lowest BCUT2D eigenvalue weighted by atomic mass is 10.1. The Morgan fingerprint density at radius 1 is 1.33 bits per heavy atom. The van der Waals surface area contributed by atoms with Gasteiger partial charge >= 0.3 is 12.0 Å². The smallest absolute Gasteiger partial charge is 0.270 e. The van der Waals surface area contributed by atoms with Crippen molar-refractivity contribution in [3.63, 3.8) is 0 Å². The summed E-state index contributed by atoms with van der Waals surface area (Å²) < 4.78 is 1.81. The number of amides is 3. The third-order valence-electron chi connectivity index (χ3n) is 3.48. The van der Waals surface area contributed by atoms with Crippen LogP contribution in [0.5, 0.6) is 0 Å². The van der Waals surface area contributed by atoms with Crippen molar-refractivity contribution < 1.29 is 14.2 Å². The van der Waals surface area contributed by atoms with E-state index in [4.69, 9.17) is 11.6 Å². The highest BCUT2D eigenvalue weighted by atomic mass is 35.5. The molecular formula is C13H19ClN5O2+. The number of halogens is 1. The van der Waals surface area contributed by atoms with Gasteiger partial charge in [0.05, 0.1) is 20.6 Å². The summed E-state index contributed by atoms with van der Waals surface area (Å²) in [5, 5.41) is 0.641. The van der Waals surface area contributed by atoms with Crippen molar-refractivity contribution in [2.75, 3.05) is 34.7 Å². The molecule has 3 amide bonds. The van der Waals surface area contributed by atoms with E-state index in [0.717, 1.165) is 4.90 Å². The van der Waals surface area contributed by atoms with Gasteiger partial charge in [0.25, 0.3) is 5.91 Å². The minimum atomic E-state index is -0.595. The molecule has 2 aliphatic rings. The van der Waals surface area contributed by atoms with Crippen LogP contribution in [0.15, 0.2) is 16.1 Å². The van der Waals surface area contributed by atoms with E-state index >= 15 is 0 Å². The Labute approximate surface area is 128 Å². The number of carbonyl (C=O) groups excluding carboxylic acids is 2. The predicted molar refractivity (Wildman–Crippen MR) is 80.6 cm³/mol. The molecule has 0 spiro atoms. The largest absolute Gasteiger partial charge is 0.392 e. The first-order valence-corrected chi connectivity index (χ1v) is 6.90. The fraction of sp³-hybridized carbons (Fsp3) is 0.538. The number of imide groups is 1. The summed E-state index contributed by atoms with van der Waals surface area (Å²) in [4.78, 5) is 33.3. The van der Waals surface area contributed by atoms with Crippen LogP contribution in [-0.2, 0) is 4.79 Å². The van der Waals surface area contributed by atoms with Gasteiger partial charge in [0.1, 0.15) is 0 Å². The summed E-state index contributed by atoms with van der Waals surface area (Å²) in [5.41, 5.74) is 0. The molecule has 0 bridgehead atoms. The molecule has 1 fully saturated rings. The first-order valence-electron chi connectivity index (χ1n) is 6.52. The number of allylic oxidation sites excluding steroid dienone is 1. The zero-order valence-electron chi connectivity index (χ0n) is 12.8. The molecule has 1 unspecified atom stereocenters. The van der Waals surface area contributed by atoms with Crippen LogP contribution in [0.3, 0.4) is 0 Å². The third-order valence-corrected chi connectivity index (χ3v) is 3.63. The number of fused-ring (bicyclic) bond motifs is 1. The summed E-state index contributed by atoms with van der Waals surface area (Å²) in [6, 6.07) is -0.971. The quantitative estimate of drug-likeness (QED) is 0.692. The number of likely N-dealkylation sites (N-methyl/N-ethyl adjacent to an activating group) is 2. The average molecular weight is 313 g/mol. The Morgan fingerprint density at radius 2 is 1.95 bits per heavy atom. The van der Waals surface area contributed by atoms with E-state index in [2.05, 4.69) is 4.99 Å². The van der Waals surface area contributed by atoms with Crippen LogP contribution in [0, 0.1) is 0 Å². The summed E-state index contributed by atoms with van der Waals surface area (Å²) in [5.74, 6) is 0.800. The van der Waals surface area contributed by atoms with Crippen molar-refractivity contribution >= 4 is 35.3 Å². The van der Waals surface area contributed by atoms with E-state index < -0.39 is 6.04 Å². The molecule has 1 atom stereocenters. The number of hydrogen-bond acceptors (Lipinski definition) is 2. The van der Waals surface area contributed by atoms with Crippen molar-refractivity contribution in [3.05, 3.63) is 11.1 Å². The average Bonchev–Trinajstić information content (AvgIpc) is 2.80. The Hall–Kier alpha value is -1.89. The van der Waals surface area contributed by atoms with Gasteiger partial charge in [0.2, 0.25) is 11.9 Å². The molecule has 7 nitrogen and oxygen atoms in total. The highest BCUT2D eigenvalue weighted by molar-refractivity contribution is 6.29. The number of carbonyl (C=O) groups is 2. The van der Waals surface area contributed by atoms with Gasteiger partial charge in [-0.15, -0.1) is 0 Å². The van der Waals surface area contributed by atoms with Crippen LogP contribution in [0.2, 0.25) is 0 Å². The molecule has 0 aromatic rings. The fourth-order valence-corrected chi connectivity index (χ4v) is 2.42. The van der Waals surface area contributed by atoms with Crippen molar-refractivity contribution in [3.8, 4) is 0 Å². The molecule has 0 aromatic carbocycles. The zero-order valence-corrected chi connectivity index (χ0v) is 13.5. The number of rotatable bonds is 2. The molecule has 21 heavy (non-hydrogen) atoms. The molecule has 1 saturated heterocycles. The second-order valence-electron chi connectivity index (χ2n) is 5.25. The Balaban J connectivity index is 2.47. The van der Waals surface area contributed by atoms with Crippen molar-refractivity contribution in [1.82, 2.24) is 14.7 Å². The maximum Gasteiger partial charge on any atom is 0.392 e. The van der Waals surface area contributed by atoms with Crippen molar-refractivity contribution in [1.29, 1.82) is 0 Å². The highest BCUT2D eigenvalue weighted by Crippen LogP contribution is 2.22. The summed E-state index contributed by atoms with van der Waals surface area (Å²) in [6.07, 6.45) is 1.81. The predicted octanol–water partition coefficient (Wildman–Crippen LogP) is 0.364. The molecule has 2 rings (SSSR count). The summed E-state index contributed by atoms with van der Waals surface area (Å²) in [7, 11) is 6.79. The van der Waals surface area contributed by atoms with Gasteiger partial charge < -0.3 is 0 Å². The van der Waals surface area contributed by atoms with Gasteiger partial charge in [0.15, 0.2) is 0 Å². The van der Waals surface area contributed by atoms with E-state index in [1.54, 1.807) is 14.0 Å². The van der Waals surface area contributed by atoms with Crippen molar-refractivity contribution in [2.24, 2.45) is 4.99 Å². The van der Waals surface area contributed by atoms with Gasteiger partial charge in [-0.1, -0.05) is 16.6 Å². The molecule has 2 heterocycles. The normalized spacial score (nSPS) is 22.9. The lowest BCUT2D eigenvalue weighted by molar-refractivity contribution is -0.470. The van der Waals surface area contributed by atoms with E-state index in [0.29, 0.717) is 23.4 Å². The zero-order chi connectivity index (χ0) is 15.9. The van der Waals surface area contributed by atoms with Gasteiger partial charge in [-0.25, -0.2) is 9.69 Å². The second kappa shape index (κ2) is 5.48.